The lowest BCUT2D eigenvalue weighted by atomic mass is 10.2. The molecule has 144 valence electrons. The topological polar surface area (TPSA) is 76.7 Å². The van der Waals surface area contributed by atoms with E-state index >= 15 is 0 Å². The molecule has 0 aliphatic heterocycles. The van der Waals surface area contributed by atoms with Crippen LogP contribution in [0.4, 0.5) is 0 Å². The second kappa shape index (κ2) is 10.4. The second-order valence-corrected chi connectivity index (χ2v) is 6.15. The third kappa shape index (κ3) is 5.89. The summed E-state index contributed by atoms with van der Waals surface area (Å²) in [6.45, 7) is 5.07. The molecule has 0 unspecified atom stereocenters. The predicted octanol–water partition coefficient (Wildman–Crippen LogP) is 3.99. The number of carbonyl (C=O) groups excluding carboxylic acids is 2. The Morgan fingerprint density at radius 1 is 0.889 bits per heavy atom. The van der Waals surface area contributed by atoms with Gasteiger partial charge < -0.3 is 9.47 Å². The highest BCUT2D eigenvalue weighted by Gasteiger charge is 2.14. The minimum Gasteiger partial charge on any atom is -0.490 e. The minimum absolute atomic E-state index is 0.273. The molecule has 0 heterocycles. The van der Waals surface area contributed by atoms with Gasteiger partial charge in [-0.2, -0.15) is 0 Å². The van der Waals surface area contributed by atoms with Gasteiger partial charge in [0.2, 0.25) is 0 Å². The summed E-state index contributed by atoms with van der Waals surface area (Å²) in [7, 11) is 0. The molecule has 0 saturated carbocycles. The van der Waals surface area contributed by atoms with Crippen molar-refractivity contribution < 1.29 is 19.1 Å². The van der Waals surface area contributed by atoms with Crippen molar-refractivity contribution >= 4 is 23.4 Å². The zero-order valence-corrected chi connectivity index (χ0v) is 16.1. The van der Waals surface area contributed by atoms with Crippen molar-refractivity contribution in [3.63, 3.8) is 0 Å². The van der Waals surface area contributed by atoms with Crippen molar-refractivity contribution in [1.29, 1.82) is 0 Å². The molecule has 0 radical (unpaired) electrons. The van der Waals surface area contributed by atoms with Crippen LogP contribution in [0.2, 0.25) is 5.02 Å². The molecule has 0 atom stereocenters. The van der Waals surface area contributed by atoms with Crippen LogP contribution in [0.5, 0.6) is 11.5 Å². The Hall–Kier alpha value is -2.73. The molecule has 0 aromatic heterocycles. The van der Waals surface area contributed by atoms with E-state index < -0.39 is 11.8 Å². The van der Waals surface area contributed by atoms with Crippen LogP contribution < -0.4 is 20.3 Å². The molecular formula is C20H23ClN2O4. The van der Waals surface area contributed by atoms with Gasteiger partial charge in [0.05, 0.1) is 23.8 Å². The van der Waals surface area contributed by atoms with Crippen molar-refractivity contribution in [2.45, 2.75) is 26.7 Å². The van der Waals surface area contributed by atoms with Gasteiger partial charge in [0, 0.05) is 5.56 Å². The van der Waals surface area contributed by atoms with E-state index in [1.54, 1.807) is 42.5 Å². The average molecular weight is 391 g/mol. The fourth-order valence-corrected chi connectivity index (χ4v) is 2.43. The van der Waals surface area contributed by atoms with E-state index in [0.717, 1.165) is 12.8 Å². The van der Waals surface area contributed by atoms with E-state index in [-0.39, 0.29) is 5.56 Å². The quantitative estimate of drug-likeness (QED) is 0.668. The lowest BCUT2D eigenvalue weighted by molar-refractivity contribution is 0.0846. The first-order chi connectivity index (χ1) is 13.1. The molecule has 2 rings (SSSR count). The van der Waals surface area contributed by atoms with Gasteiger partial charge in [0.15, 0.2) is 11.5 Å². The number of carbonyl (C=O) groups is 2. The van der Waals surface area contributed by atoms with Crippen LogP contribution in [0.25, 0.3) is 0 Å². The summed E-state index contributed by atoms with van der Waals surface area (Å²) in [5, 5.41) is 0.303. The fourth-order valence-electron chi connectivity index (χ4n) is 2.20. The van der Waals surface area contributed by atoms with E-state index in [1.807, 2.05) is 13.8 Å². The molecule has 0 saturated heterocycles. The summed E-state index contributed by atoms with van der Waals surface area (Å²) in [5.41, 5.74) is 5.34. The number of ether oxygens (including phenoxy) is 2. The van der Waals surface area contributed by atoms with Crippen LogP contribution in [0.1, 0.15) is 47.4 Å². The Kier molecular flexibility index (Phi) is 7.95. The van der Waals surface area contributed by atoms with Crippen molar-refractivity contribution in [3.8, 4) is 11.5 Å². The number of hydrogen-bond donors (Lipinski definition) is 2. The van der Waals surface area contributed by atoms with Crippen LogP contribution in [-0.4, -0.2) is 25.0 Å². The van der Waals surface area contributed by atoms with Gasteiger partial charge in [-0.25, -0.2) is 0 Å². The van der Waals surface area contributed by atoms with Crippen molar-refractivity contribution in [3.05, 3.63) is 58.6 Å². The number of halogens is 1. The Labute approximate surface area is 163 Å². The zero-order valence-electron chi connectivity index (χ0n) is 15.4. The summed E-state index contributed by atoms with van der Waals surface area (Å²) < 4.78 is 11.3. The predicted molar refractivity (Wildman–Crippen MR) is 104 cm³/mol. The first kappa shape index (κ1) is 20.6. The molecule has 6 nitrogen and oxygen atoms in total. The first-order valence-electron chi connectivity index (χ1n) is 8.81. The lowest BCUT2D eigenvalue weighted by Crippen LogP contribution is -2.41. The van der Waals surface area contributed by atoms with E-state index in [0.29, 0.717) is 35.3 Å². The van der Waals surface area contributed by atoms with Crippen LogP contribution in [-0.2, 0) is 0 Å². The molecule has 2 amide bonds. The second-order valence-electron chi connectivity index (χ2n) is 5.75. The Balaban J connectivity index is 2.06. The first-order valence-corrected chi connectivity index (χ1v) is 9.19. The number of hydrogen-bond acceptors (Lipinski definition) is 4. The van der Waals surface area contributed by atoms with Crippen LogP contribution >= 0.6 is 11.6 Å². The third-order valence-electron chi connectivity index (χ3n) is 3.54. The van der Waals surface area contributed by atoms with Gasteiger partial charge in [0.25, 0.3) is 11.8 Å². The summed E-state index contributed by atoms with van der Waals surface area (Å²) in [5.74, 6) is 0.107. The maximum absolute atomic E-state index is 12.4. The van der Waals surface area contributed by atoms with Gasteiger partial charge in [0.1, 0.15) is 0 Å². The number of nitrogens with one attached hydrogen (secondary N) is 2. The molecule has 0 bridgehead atoms. The van der Waals surface area contributed by atoms with Crippen molar-refractivity contribution in [1.82, 2.24) is 10.9 Å². The Bertz CT molecular complexity index is 795. The highest BCUT2D eigenvalue weighted by atomic mass is 35.5. The van der Waals surface area contributed by atoms with E-state index in [4.69, 9.17) is 21.1 Å². The molecular weight excluding hydrogens is 368 g/mol. The normalized spacial score (nSPS) is 10.2. The molecule has 0 aliphatic rings. The van der Waals surface area contributed by atoms with Gasteiger partial charge in [-0.1, -0.05) is 37.6 Å². The molecule has 2 aromatic carbocycles. The minimum atomic E-state index is -0.501. The highest BCUT2D eigenvalue weighted by molar-refractivity contribution is 6.33. The molecule has 2 N–H and O–H groups in total. The molecule has 27 heavy (non-hydrogen) atoms. The highest BCUT2D eigenvalue weighted by Crippen LogP contribution is 2.29. The Morgan fingerprint density at radius 3 is 2.19 bits per heavy atom. The average Bonchev–Trinajstić information content (AvgIpc) is 2.69. The lowest BCUT2D eigenvalue weighted by Gasteiger charge is -2.14. The van der Waals surface area contributed by atoms with Gasteiger partial charge in [-0.3, -0.25) is 20.4 Å². The molecule has 0 fully saturated rings. The summed E-state index contributed by atoms with van der Waals surface area (Å²) >= 11 is 5.98. The van der Waals surface area contributed by atoms with Crippen molar-refractivity contribution in [2.24, 2.45) is 0 Å². The third-order valence-corrected chi connectivity index (χ3v) is 3.87. The SMILES string of the molecule is CCCOc1ccc(C(=O)NNC(=O)c2ccccc2Cl)cc1OCCC. The van der Waals surface area contributed by atoms with Gasteiger partial charge in [-0.05, 0) is 43.2 Å². The van der Waals surface area contributed by atoms with Crippen LogP contribution in [0.15, 0.2) is 42.5 Å². The number of rotatable bonds is 8. The number of hydrazine groups is 1. The van der Waals surface area contributed by atoms with Crippen molar-refractivity contribution in [2.75, 3.05) is 13.2 Å². The largest absolute Gasteiger partial charge is 0.490 e. The molecule has 0 aliphatic carbocycles. The van der Waals surface area contributed by atoms with E-state index in [9.17, 15) is 9.59 Å². The van der Waals surface area contributed by atoms with Crippen LogP contribution in [0, 0.1) is 0 Å². The standard InChI is InChI=1S/C20H23ClN2O4/c1-3-11-26-17-10-9-14(13-18(17)27-12-4-2)19(24)22-23-20(25)15-7-5-6-8-16(15)21/h5-10,13H,3-4,11-12H2,1-2H3,(H,22,24)(H,23,25). The van der Waals surface area contributed by atoms with E-state index in [2.05, 4.69) is 10.9 Å². The van der Waals surface area contributed by atoms with E-state index in [1.165, 1.54) is 0 Å². The number of amides is 2. The smallest absolute Gasteiger partial charge is 0.271 e. The maximum Gasteiger partial charge on any atom is 0.271 e. The Morgan fingerprint density at radius 2 is 1.52 bits per heavy atom. The molecule has 2 aromatic rings. The summed E-state index contributed by atoms with van der Waals surface area (Å²) in [6.07, 6.45) is 1.70. The number of benzene rings is 2. The maximum atomic E-state index is 12.4. The summed E-state index contributed by atoms with van der Waals surface area (Å²) in [6, 6.07) is 11.5. The molecule has 0 spiro atoms. The van der Waals surface area contributed by atoms with Gasteiger partial charge in [-0.15, -0.1) is 0 Å². The molecule has 7 heteroatoms. The fraction of sp³-hybridized carbons (Fsp3) is 0.300. The van der Waals surface area contributed by atoms with Gasteiger partial charge >= 0.3 is 0 Å². The zero-order chi connectivity index (χ0) is 19.6. The monoisotopic (exact) mass is 390 g/mol. The summed E-state index contributed by atoms with van der Waals surface area (Å²) in [4.78, 5) is 24.5. The van der Waals surface area contributed by atoms with Crippen LogP contribution in [0.3, 0.4) is 0 Å².